The van der Waals surface area contributed by atoms with E-state index in [1.54, 1.807) is 0 Å². The van der Waals surface area contributed by atoms with E-state index in [1.165, 1.54) is 31.9 Å². The van der Waals surface area contributed by atoms with Crippen LogP contribution in [0.4, 0.5) is 0 Å². The first-order valence-electron chi connectivity index (χ1n) is 25.4. The van der Waals surface area contributed by atoms with Gasteiger partial charge in [0, 0.05) is 22.2 Å². The Labute approximate surface area is 426 Å². The van der Waals surface area contributed by atoms with Crippen LogP contribution in [0.15, 0.2) is 237 Å². The SMILES string of the molecule is CC(C)(C)c1ccc2c(c1)B1c3cc(C(C)(C)C)ccc3Oc3c(-c4c(-c5ccccc5)cccc4-c4ccccc4)cc(-c4ccc([Si](c5ccccc5)(c5ccccc5)c5ccccc5)cc4)c(c31)O2. The van der Waals surface area contributed by atoms with E-state index in [1.807, 2.05) is 0 Å². The average Bonchev–Trinajstić information content (AvgIpc) is 3.42. The van der Waals surface area contributed by atoms with Crippen molar-refractivity contribution in [2.45, 2.75) is 52.4 Å². The molecular weight excluding hydrogens is 888 g/mol. The molecule has 10 aromatic carbocycles. The van der Waals surface area contributed by atoms with E-state index < -0.39 is 8.07 Å². The van der Waals surface area contributed by atoms with Crippen molar-refractivity contribution in [2.24, 2.45) is 0 Å². The molecule has 72 heavy (non-hydrogen) atoms. The topological polar surface area (TPSA) is 18.5 Å². The van der Waals surface area contributed by atoms with Crippen molar-refractivity contribution in [3.63, 3.8) is 0 Å². The lowest BCUT2D eigenvalue weighted by molar-refractivity contribution is 0.466. The minimum Gasteiger partial charge on any atom is -0.458 e. The maximum Gasteiger partial charge on any atom is 0.260 e. The molecule has 0 aromatic heterocycles. The van der Waals surface area contributed by atoms with Gasteiger partial charge >= 0.3 is 0 Å². The Morgan fingerprint density at radius 1 is 0.333 bits per heavy atom. The van der Waals surface area contributed by atoms with E-state index in [0.717, 1.165) is 83.9 Å². The summed E-state index contributed by atoms with van der Waals surface area (Å²) >= 11 is 0. The van der Waals surface area contributed by atoms with Gasteiger partial charge in [0.2, 0.25) is 0 Å². The molecule has 12 rings (SSSR count). The van der Waals surface area contributed by atoms with Gasteiger partial charge in [-0.3, -0.25) is 0 Å². The molecule has 2 aliphatic rings. The van der Waals surface area contributed by atoms with E-state index in [9.17, 15) is 0 Å². The Morgan fingerprint density at radius 2 is 0.708 bits per heavy atom. The molecule has 0 atom stereocenters. The largest absolute Gasteiger partial charge is 0.458 e. The van der Waals surface area contributed by atoms with E-state index in [-0.39, 0.29) is 17.5 Å². The Kier molecular flexibility index (Phi) is 11.1. The molecule has 0 saturated heterocycles. The fourth-order valence-electron chi connectivity index (χ4n) is 11.4. The van der Waals surface area contributed by atoms with Gasteiger partial charge in [-0.25, -0.2) is 0 Å². The fourth-order valence-corrected chi connectivity index (χ4v) is 16.2. The maximum absolute atomic E-state index is 7.50. The summed E-state index contributed by atoms with van der Waals surface area (Å²) in [7, 11) is -2.80. The van der Waals surface area contributed by atoms with Gasteiger partial charge in [0.1, 0.15) is 23.0 Å². The second-order valence-corrected chi connectivity index (χ2v) is 25.4. The minimum atomic E-state index is -2.80. The minimum absolute atomic E-state index is 0.0782. The van der Waals surface area contributed by atoms with E-state index >= 15 is 0 Å². The maximum atomic E-state index is 7.50. The number of rotatable bonds is 8. The van der Waals surface area contributed by atoms with Crippen molar-refractivity contribution < 1.29 is 9.47 Å². The average molecular weight is 945 g/mol. The number of benzene rings is 10. The van der Waals surface area contributed by atoms with Crippen molar-refractivity contribution in [3.05, 3.63) is 248 Å². The molecule has 0 bridgehead atoms. The summed E-state index contributed by atoms with van der Waals surface area (Å²) in [6.07, 6.45) is 0. The zero-order valence-electron chi connectivity index (χ0n) is 41.9. The molecule has 2 aliphatic heterocycles. The van der Waals surface area contributed by atoms with Crippen molar-refractivity contribution in [2.75, 3.05) is 0 Å². The molecular formula is C68H57BO2Si. The number of hydrogen-bond donors (Lipinski definition) is 0. The lowest BCUT2D eigenvalue weighted by Crippen LogP contribution is -2.74. The van der Waals surface area contributed by atoms with Gasteiger partial charge in [-0.1, -0.05) is 260 Å². The van der Waals surface area contributed by atoms with Crippen LogP contribution in [0.25, 0.3) is 44.5 Å². The van der Waals surface area contributed by atoms with Gasteiger partial charge in [0.15, 0.2) is 8.07 Å². The third-order valence-corrected chi connectivity index (χ3v) is 19.9. The molecule has 0 aliphatic carbocycles. The molecule has 348 valence electrons. The summed E-state index contributed by atoms with van der Waals surface area (Å²) in [5, 5.41) is 5.34. The third-order valence-electron chi connectivity index (χ3n) is 15.1. The van der Waals surface area contributed by atoms with Crippen LogP contribution >= 0.6 is 0 Å². The molecule has 0 radical (unpaired) electrons. The lowest BCUT2D eigenvalue weighted by Gasteiger charge is -2.37. The fraction of sp³-hybridized carbons (Fsp3) is 0.118. The molecule has 4 heteroatoms. The first-order chi connectivity index (χ1) is 35.0. The molecule has 0 saturated carbocycles. The molecule has 0 amide bonds. The standard InChI is InChI=1S/C68H57BO2Si/c1-67(2,3)49-37-41-61-59(43-49)69-60-44-50(68(4,5)6)38-42-62(60)71-66-58(63-55(46-23-12-7-13-24-46)33-22-34-56(63)47-25-14-8-15-26-47)45-57(65(70-61)64(66)69)48-35-39-54(40-36-48)72(51-27-16-9-17-28-51,52-29-18-10-19-30-52)53-31-20-11-21-32-53/h7-45H,1-6H3. The van der Waals surface area contributed by atoms with Gasteiger partial charge in [0.25, 0.3) is 6.71 Å². The molecule has 2 nitrogen and oxygen atoms in total. The smallest absolute Gasteiger partial charge is 0.260 e. The highest BCUT2D eigenvalue weighted by molar-refractivity contribution is 7.19. The molecule has 2 heterocycles. The van der Waals surface area contributed by atoms with Crippen LogP contribution in [-0.2, 0) is 10.8 Å². The van der Waals surface area contributed by atoms with Crippen LogP contribution in [0.3, 0.4) is 0 Å². The van der Waals surface area contributed by atoms with Crippen molar-refractivity contribution >= 4 is 51.9 Å². The summed E-state index contributed by atoms with van der Waals surface area (Å²) in [5.41, 5.74) is 14.6. The summed E-state index contributed by atoms with van der Waals surface area (Å²) in [6, 6.07) is 87.4. The number of fused-ring (bicyclic) bond motifs is 4. The lowest BCUT2D eigenvalue weighted by atomic mass is 9.34. The van der Waals surface area contributed by atoms with Crippen LogP contribution in [0.2, 0.25) is 0 Å². The quantitative estimate of drug-likeness (QED) is 0.112. The third kappa shape index (κ3) is 7.64. The molecule has 10 aromatic rings. The van der Waals surface area contributed by atoms with Crippen LogP contribution < -0.4 is 46.6 Å². The first kappa shape index (κ1) is 45.2. The highest BCUT2D eigenvalue weighted by Crippen LogP contribution is 2.51. The van der Waals surface area contributed by atoms with E-state index in [0.29, 0.717) is 0 Å². The number of ether oxygens (including phenoxy) is 2. The van der Waals surface area contributed by atoms with E-state index in [4.69, 9.17) is 9.47 Å². The molecule has 0 N–H and O–H groups in total. The van der Waals surface area contributed by atoms with Crippen LogP contribution in [-0.4, -0.2) is 14.8 Å². The number of hydrogen-bond acceptors (Lipinski definition) is 2. The zero-order valence-corrected chi connectivity index (χ0v) is 42.9. The highest BCUT2D eigenvalue weighted by Gasteiger charge is 2.45. The van der Waals surface area contributed by atoms with Gasteiger partial charge in [-0.05, 0) is 99.6 Å². The monoisotopic (exact) mass is 944 g/mol. The predicted octanol–water partition coefficient (Wildman–Crippen LogP) is 13.1. The summed E-state index contributed by atoms with van der Waals surface area (Å²) in [4.78, 5) is 0. The van der Waals surface area contributed by atoms with Gasteiger partial charge in [0.05, 0.1) is 0 Å². The Balaban J connectivity index is 1.18. The van der Waals surface area contributed by atoms with Crippen molar-refractivity contribution in [1.82, 2.24) is 0 Å². The normalized spacial score (nSPS) is 12.8. The highest BCUT2D eigenvalue weighted by atomic mass is 28.3. The van der Waals surface area contributed by atoms with Gasteiger partial charge < -0.3 is 9.47 Å². The molecule has 0 unspecified atom stereocenters. The zero-order chi connectivity index (χ0) is 49.2. The van der Waals surface area contributed by atoms with Crippen LogP contribution in [0.5, 0.6) is 23.0 Å². The van der Waals surface area contributed by atoms with Crippen LogP contribution in [0.1, 0.15) is 52.7 Å². The van der Waals surface area contributed by atoms with Crippen molar-refractivity contribution in [1.29, 1.82) is 0 Å². The van der Waals surface area contributed by atoms with Crippen molar-refractivity contribution in [3.8, 4) is 67.5 Å². The second kappa shape index (κ2) is 17.7. The summed E-state index contributed by atoms with van der Waals surface area (Å²) in [5.74, 6) is 3.43. The summed E-state index contributed by atoms with van der Waals surface area (Å²) in [6.45, 7) is 13.6. The van der Waals surface area contributed by atoms with Gasteiger partial charge in [-0.2, -0.15) is 0 Å². The Bertz CT molecular complexity index is 3440. The molecule has 0 spiro atoms. The first-order valence-corrected chi connectivity index (χ1v) is 27.4. The Morgan fingerprint density at radius 3 is 1.12 bits per heavy atom. The van der Waals surface area contributed by atoms with Gasteiger partial charge in [-0.15, -0.1) is 0 Å². The second-order valence-electron chi connectivity index (χ2n) is 21.6. The van der Waals surface area contributed by atoms with E-state index in [2.05, 4.69) is 278 Å². The van der Waals surface area contributed by atoms with Crippen LogP contribution in [0, 0.1) is 0 Å². The summed E-state index contributed by atoms with van der Waals surface area (Å²) < 4.78 is 14.9. The Hall–Kier alpha value is -7.92. The predicted molar refractivity (Wildman–Crippen MR) is 307 cm³/mol. The molecule has 0 fully saturated rings.